The van der Waals surface area contributed by atoms with Gasteiger partial charge in [0.1, 0.15) is 0 Å². The standard InChI is InChI=1S/C22H20N2O4S/c1-16(25)20-13-6-7-14-21(20)23-22(26)17-9-8-12-19(15-17)29(27,28)24(2)18-10-4-3-5-11-18/h3-15H,1-2H3,(H,23,26). The highest BCUT2D eigenvalue weighted by molar-refractivity contribution is 7.92. The van der Waals surface area contributed by atoms with E-state index < -0.39 is 15.9 Å². The zero-order valence-electron chi connectivity index (χ0n) is 16.0. The maximum Gasteiger partial charge on any atom is 0.264 e. The van der Waals surface area contributed by atoms with Gasteiger partial charge in [-0.1, -0.05) is 36.4 Å². The number of amides is 1. The molecule has 3 aromatic rings. The van der Waals surface area contributed by atoms with Gasteiger partial charge >= 0.3 is 0 Å². The Morgan fingerprint density at radius 3 is 2.21 bits per heavy atom. The summed E-state index contributed by atoms with van der Waals surface area (Å²) in [6.45, 7) is 1.41. The van der Waals surface area contributed by atoms with Crippen LogP contribution in [0.15, 0.2) is 83.8 Å². The highest BCUT2D eigenvalue weighted by atomic mass is 32.2. The number of Topliss-reactive ketones (excluding diaryl/α,β-unsaturated/α-hetero) is 1. The molecule has 0 atom stereocenters. The van der Waals surface area contributed by atoms with Gasteiger partial charge in [-0.3, -0.25) is 13.9 Å². The average Bonchev–Trinajstić information content (AvgIpc) is 2.74. The summed E-state index contributed by atoms with van der Waals surface area (Å²) in [6.07, 6.45) is 0. The van der Waals surface area contributed by atoms with Gasteiger partial charge in [-0.2, -0.15) is 0 Å². The highest BCUT2D eigenvalue weighted by Crippen LogP contribution is 2.23. The molecule has 0 radical (unpaired) electrons. The first-order valence-corrected chi connectivity index (χ1v) is 10.3. The average molecular weight is 408 g/mol. The third-order valence-corrected chi connectivity index (χ3v) is 6.21. The Morgan fingerprint density at radius 2 is 1.52 bits per heavy atom. The zero-order chi connectivity index (χ0) is 21.0. The molecular weight excluding hydrogens is 388 g/mol. The Balaban J connectivity index is 1.90. The topological polar surface area (TPSA) is 83.5 Å². The molecule has 3 aromatic carbocycles. The number of anilines is 2. The van der Waals surface area contributed by atoms with Crippen LogP contribution in [0.25, 0.3) is 0 Å². The van der Waals surface area contributed by atoms with Gasteiger partial charge in [0.15, 0.2) is 5.78 Å². The number of para-hydroxylation sites is 2. The van der Waals surface area contributed by atoms with E-state index in [1.54, 1.807) is 54.6 Å². The molecule has 0 aliphatic rings. The number of carbonyl (C=O) groups is 2. The summed E-state index contributed by atoms with van der Waals surface area (Å²) in [7, 11) is -2.38. The molecule has 0 unspecified atom stereocenters. The lowest BCUT2D eigenvalue weighted by molar-refractivity contribution is 0.101. The number of carbonyl (C=O) groups excluding carboxylic acids is 2. The molecule has 3 rings (SSSR count). The molecule has 6 nitrogen and oxygen atoms in total. The SMILES string of the molecule is CC(=O)c1ccccc1NC(=O)c1cccc(S(=O)(=O)N(C)c2ccccc2)c1. The maximum atomic E-state index is 13.0. The van der Waals surface area contributed by atoms with Crippen molar-refractivity contribution in [3.05, 3.63) is 90.0 Å². The van der Waals surface area contributed by atoms with Crippen molar-refractivity contribution in [2.24, 2.45) is 0 Å². The van der Waals surface area contributed by atoms with Crippen molar-refractivity contribution in [2.75, 3.05) is 16.7 Å². The van der Waals surface area contributed by atoms with E-state index in [0.29, 0.717) is 16.9 Å². The van der Waals surface area contributed by atoms with E-state index in [9.17, 15) is 18.0 Å². The van der Waals surface area contributed by atoms with E-state index in [0.717, 1.165) is 4.31 Å². The van der Waals surface area contributed by atoms with Gasteiger partial charge in [-0.05, 0) is 49.4 Å². The van der Waals surface area contributed by atoms with E-state index in [1.165, 1.54) is 38.2 Å². The Labute approximate surface area is 169 Å². The van der Waals surface area contributed by atoms with Crippen molar-refractivity contribution >= 4 is 33.1 Å². The van der Waals surface area contributed by atoms with Crippen molar-refractivity contribution < 1.29 is 18.0 Å². The van der Waals surface area contributed by atoms with Crippen LogP contribution in [0.3, 0.4) is 0 Å². The second kappa shape index (κ2) is 8.28. The summed E-state index contributed by atoms with van der Waals surface area (Å²) in [6, 6.07) is 21.1. The quantitative estimate of drug-likeness (QED) is 0.626. The fourth-order valence-corrected chi connectivity index (χ4v) is 4.07. The summed E-state index contributed by atoms with van der Waals surface area (Å²) >= 11 is 0. The van der Waals surface area contributed by atoms with E-state index in [2.05, 4.69) is 5.32 Å². The summed E-state index contributed by atoms with van der Waals surface area (Å²) in [5.41, 5.74) is 1.44. The van der Waals surface area contributed by atoms with Crippen LogP contribution in [-0.4, -0.2) is 27.2 Å². The molecule has 7 heteroatoms. The van der Waals surface area contributed by atoms with Crippen molar-refractivity contribution in [3.63, 3.8) is 0 Å². The first-order valence-electron chi connectivity index (χ1n) is 8.86. The van der Waals surface area contributed by atoms with Gasteiger partial charge < -0.3 is 5.32 Å². The third kappa shape index (κ3) is 4.35. The van der Waals surface area contributed by atoms with Crippen LogP contribution in [0.2, 0.25) is 0 Å². The lowest BCUT2D eigenvalue weighted by Gasteiger charge is -2.19. The number of nitrogens with zero attached hydrogens (tertiary/aromatic N) is 1. The smallest absolute Gasteiger partial charge is 0.264 e. The molecule has 0 heterocycles. The molecule has 0 fully saturated rings. The zero-order valence-corrected chi connectivity index (χ0v) is 16.8. The first-order chi connectivity index (χ1) is 13.8. The molecule has 0 aliphatic carbocycles. The molecule has 0 aliphatic heterocycles. The fraction of sp³-hybridized carbons (Fsp3) is 0.0909. The fourth-order valence-electron chi connectivity index (χ4n) is 2.83. The Hall–Kier alpha value is -3.45. The Kier molecular flexibility index (Phi) is 5.79. The molecule has 0 saturated heterocycles. The third-order valence-electron chi connectivity index (χ3n) is 4.43. The number of hydrogen-bond donors (Lipinski definition) is 1. The minimum Gasteiger partial charge on any atom is -0.321 e. The number of benzene rings is 3. The molecule has 148 valence electrons. The monoisotopic (exact) mass is 408 g/mol. The molecular formula is C22H20N2O4S. The highest BCUT2D eigenvalue weighted by Gasteiger charge is 2.22. The second-order valence-electron chi connectivity index (χ2n) is 6.39. The maximum absolute atomic E-state index is 13.0. The predicted molar refractivity (Wildman–Crippen MR) is 113 cm³/mol. The number of rotatable bonds is 6. The minimum absolute atomic E-state index is 0.00337. The normalized spacial score (nSPS) is 11.0. The molecule has 1 amide bonds. The van der Waals surface area contributed by atoms with Gasteiger partial charge in [0, 0.05) is 18.2 Å². The number of nitrogens with one attached hydrogen (secondary N) is 1. The van der Waals surface area contributed by atoms with Crippen LogP contribution in [0.5, 0.6) is 0 Å². The number of hydrogen-bond acceptors (Lipinski definition) is 4. The van der Waals surface area contributed by atoms with Crippen LogP contribution in [0.1, 0.15) is 27.6 Å². The molecule has 0 spiro atoms. The number of sulfonamides is 1. The summed E-state index contributed by atoms with van der Waals surface area (Å²) in [5, 5.41) is 2.68. The van der Waals surface area contributed by atoms with Gasteiger partial charge in [0.2, 0.25) is 0 Å². The van der Waals surface area contributed by atoms with Crippen LogP contribution >= 0.6 is 0 Å². The van der Waals surface area contributed by atoms with E-state index in [1.807, 2.05) is 0 Å². The minimum atomic E-state index is -3.84. The molecule has 0 bridgehead atoms. The van der Waals surface area contributed by atoms with Crippen LogP contribution in [0.4, 0.5) is 11.4 Å². The summed E-state index contributed by atoms with van der Waals surface area (Å²) < 4.78 is 27.1. The first kappa shape index (κ1) is 20.3. The Morgan fingerprint density at radius 1 is 0.862 bits per heavy atom. The molecule has 29 heavy (non-hydrogen) atoms. The van der Waals surface area contributed by atoms with E-state index >= 15 is 0 Å². The molecule has 0 aromatic heterocycles. The van der Waals surface area contributed by atoms with Crippen LogP contribution in [-0.2, 0) is 10.0 Å². The van der Waals surface area contributed by atoms with Crippen LogP contribution < -0.4 is 9.62 Å². The van der Waals surface area contributed by atoms with Crippen molar-refractivity contribution in [3.8, 4) is 0 Å². The second-order valence-corrected chi connectivity index (χ2v) is 8.36. The Bertz CT molecular complexity index is 1160. The summed E-state index contributed by atoms with van der Waals surface area (Å²) in [5.74, 6) is -0.681. The predicted octanol–water partition coefficient (Wildman–Crippen LogP) is 3.97. The van der Waals surface area contributed by atoms with Gasteiger partial charge in [0.05, 0.1) is 16.3 Å². The van der Waals surface area contributed by atoms with Crippen molar-refractivity contribution in [2.45, 2.75) is 11.8 Å². The van der Waals surface area contributed by atoms with E-state index in [-0.39, 0.29) is 16.2 Å². The van der Waals surface area contributed by atoms with E-state index in [4.69, 9.17) is 0 Å². The van der Waals surface area contributed by atoms with Crippen molar-refractivity contribution in [1.29, 1.82) is 0 Å². The largest absolute Gasteiger partial charge is 0.321 e. The van der Waals surface area contributed by atoms with Crippen molar-refractivity contribution in [1.82, 2.24) is 0 Å². The lowest BCUT2D eigenvalue weighted by atomic mass is 10.1. The molecule has 1 N–H and O–H groups in total. The molecule has 0 saturated carbocycles. The lowest BCUT2D eigenvalue weighted by Crippen LogP contribution is -2.26. The van der Waals surface area contributed by atoms with Gasteiger partial charge in [-0.25, -0.2) is 8.42 Å². The van der Waals surface area contributed by atoms with Gasteiger partial charge in [-0.15, -0.1) is 0 Å². The summed E-state index contributed by atoms with van der Waals surface area (Å²) in [4.78, 5) is 24.4. The number of ketones is 1. The van der Waals surface area contributed by atoms with Gasteiger partial charge in [0.25, 0.3) is 15.9 Å². The van der Waals surface area contributed by atoms with Crippen LogP contribution in [0, 0.1) is 0 Å².